The normalized spacial score (nSPS) is 11.0. The van der Waals surface area contributed by atoms with Gasteiger partial charge >= 0.3 is 0 Å². The Kier molecular flexibility index (Phi) is 4.53. The van der Waals surface area contributed by atoms with Gasteiger partial charge in [-0.15, -0.1) is 10.2 Å². The molecule has 0 saturated heterocycles. The van der Waals surface area contributed by atoms with E-state index in [0.717, 1.165) is 22.2 Å². The summed E-state index contributed by atoms with van der Waals surface area (Å²) >= 11 is 1.52. The van der Waals surface area contributed by atoms with E-state index in [0.29, 0.717) is 17.5 Å². The van der Waals surface area contributed by atoms with E-state index in [-0.39, 0.29) is 0 Å². The van der Waals surface area contributed by atoms with Crippen molar-refractivity contribution < 1.29 is 4.52 Å². The average molecular weight is 363 g/mol. The fraction of sp³-hybridized carbons (Fsp3) is 0.158. The van der Waals surface area contributed by atoms with E-state index < -0.39 is 0 Å². The number of nitrogens with zero attached hydrogens (tertiary/aromatic N) is 5. The van der Waals surface area contributed by atoms with Gasteiger partial charge in [0.05, 0.1) is 5.75 Å². The number of rotatable bonds is 5. The van der Waals surface area contributed by atoms with Gasteiger partial charge in [-0.1, -0.05) is 64.9 Å². The smallest absolute Gasteiger partial charge is 0.237 e. The molecule has 0 fully saturated rings. The van der Waals surface area contributed by atoms with E-state index in [4.69, 9.17) is 4.52 Å². The molecule has 0 aliphatic heterocycles. The summed E-state index contributed by atoms with van der Waals surface area (Å²) in [7, 11) is 0. The molecular weight excluding hydrogens is 346 g/mol. The summed E-state index contributed by atoms with van der Waals surface area (Å²) < 4.78 is 7.40. The predicted molar refractivity (Wildman–Crippen MR) is 100 cm³/mol. The van der Waals surface area contributed by atoms with Crippen LogP contribution in [0.4, 0.5) is 0 Å². The first-order valence-corrected chi connectivity index (χ1v) is 9.19. The number of benzene rings is 2. The van der Waals surface area contributed by atoms with Crippen LogP contribution in [-0.4, -0.2) is 24.9 Å². The quantitative estimate of drug-likeness (QED) is 0.494. The lowest BCUT2D eigenvalue weighted by Gasteiger charge is -2.06. The summed E-state index contributed by atoms with van der Waals surface area (Å²) in [5.74, 6) is 2.53. The van der Waals surface area contributed by atoms with Crippen LogP contribution in [0.3, 0.4) is 0 Å². The highest BCUT2D eigenvalue weighted by Crippen LogP contribution is 2.25. The second-order valence-corrected chi connectivity index (χ2v) is 6.81. The minimum Gasteiger partial charge on any atom is -0.338 e. The second-order valence-electron chi connectivity index (χ2n) is 5.87. The molecule has 0 unspecified atom stereocenters. The summed E-state index contributed by atoms with van der Waals surface area (Å²) in [6, 6.07) is 18.1. The van der Waals surface area contributed by atoms with Crippen LogP contribution in [0.15, 0.2) is 64.3 Å². The summed E-state index contributed by atoms with van der Waals surface area (Å²) in [5.41, 5.74) is 3.17. The van der Waals surface area contributed by atoms with Crippen LogP contribution in [0.25, 0.3) is 17.1 Å². The largest absolute Gasteiger partial charge is 0.338 e. The SMILES string of the molecule is Cc1ccc(-c2noc(CSc3nnc(C)n3-c3ccccc3)n2)cc1. The topological polar surface area (TPSA) is 69.6 Å². The first-order valence-electron chi connectivity index (χ1n) is 8.20. The fourth-order valence-electron chi connectivity index (χ4n) is 2.57. The first-order chi connectivity index (χ1) is 12.7. The Labute approximate surface area is 155 Å². The molecule has 0 aliphatic carbocycles. The molecule has 0 saturated carbocycles. The van der Waals surface area contributed by atoms with Crippen LogP contribution in [-0.2, 0) is 5.75 Å². The predicted octanol–water partition coefficient (Wildman–Crippen LogP) is 4.23. The molecule has 0 spiro atoms. The molecule has 4 rings (SSSR count). The lowest BCUT2D eigenvalue weighted by molar-refractivity contribution is 0.391. The molecule has 4 aromatic rings. The van der Waals surface area contributed by atoms with Gasteiger partial charge in [0.25, 0.3) is 0 Å². The van der Waals surface area contributed by atoms with Crippen molar-refractivity contribution in [1.29, 1.82) is 0 Å². The number of aryl methyl sites for hydroxylation is 2. The van der Waals surface area contributed by atoms with Crippen LogP contribution in [0.2, 0.25) is 0 Å². The zero-order chi connectivity index (χ0) is 17.9. The molecule has 0 bridgehead atoms. The summed E-state index contributed by atoms with van der Waals surface area (Å²) in [4.78, 5) is 4.48. The van der Waals surface area contributed by atoms with Gasteiger partial charge in [0, 0.05) is 11.3 Å². The van der Waals surface area contributed by atoms with Gasteiger partial charge in [-0.05, 0) is 26.0 Å². The van der Waals surface area contributed by atoms with Gasteiger partial charge in [0.1, 0.15) is 5.82 Å². The molecule has 0 atom stereocenters. The van der Waals surface area contributed by atoms with Crippen molar-refractivity contribution in [1.82, 2.24) is 24.9 Å². The second kappa shape index (κ2) is 7.13. The lowest BCUT2D eigenvalue weighted by Crippen LogP contribution is -1.98. The van der Waals surface area contributed by atoms with E-state index in [1.165, 1.54) is 17.3 Å². The van der Waals surface area contributed by atoms with Crippen molar-refractivity contribution in [2.75, 3.05) is 0 Å². The van der Waals surface area contributed by atoms with Crippen LogP contribution in [0, 0.1) is 13.8 Å². The van der Waals surface area contributed by atoms with Gasteiger partial charge in [0.15, 0.2) is 5.16 Å². The molecule has 6 nitrogen and oxygen atoms in total. The van der Waals surface area contributed by atoms with Crippen LogP contribution >= 0.6 is 11.8 Å². The van der Waals surface area contributed by atoms with Crippen molar-refractivity contribution in [3.63, 3.8) is 0 Å². The first kappa shape index (κ1) is 16.5. The number of para-hydroxylation sites is 1. The molecular formula is C19H17N5OS. The number of hydrogen-bond donors (Lipinski definition) is 0. The highest BCUT2D eigenvalue weighted by molar-refractivity contribution is 7.98. The third-order valence-electron chi connectivity index (χ3n) is 3.91. The van der Waals surface area contributed by atoms with Gasteiger partial charge in [-0.2, -0.15) is 4.98 Å². The van der Waals surface area contributed by atoms with Crippen molar-refractivity contribution in [3.05, 3.63) is 71.9 Å². The Bertz CT molecular complexity index is 1010. The zero-order valence-corrected chi connectivity index (χ0v) is 15.3. The van der Waals surface area contributed by atoms with Gasteiger partial charge in [-0.25, -0.2) is 0 Å². The minimum absolute atomic E-state index is 0.532. The summed E-state index contributed by atoms with van der Waals surface area (Å²) in [6.07, 6.45) is 0. The molecule has 130 valence electrons. The monoisotopic (exact) mass is 363 g/mol. The molecule has 2 aromatic heterocycles. The fourth-order valence-corrected chi connectivity index (χ4v) is 3.41. The van der Waals surface area contributed by atoms with Gasteiger partial charge in [0.2, 0.25) is 11.7 Å². The Hall–Kier alpha value is -2.93. The van der Waals surface area contributed by atoms with Crippen LogP contribution < -0.4 is 0 Å². The molecule has 2 aromatic carbocycles. The van der Waals surface area contributed by atoms with Crippen molar-refractivity contribution >= 4 is 11.8 Å². The van der Waals surface area contributed by atoms with Gasteiger partial charge < -0.3 is 4.52 Å². The highest BCUT2D eigenvalue weighted by atomic mass is 32.2. The molecule has 2 heterocycles. The third-order valence-corrected chi connectivity index (χ3v) is 4.83. The number of aromatic nitrogens is 5. The highest BCUT2D eigenvalue weighted by Gasteiger charge is 2.14. The molecule has 0 aliphatic rings. The van der Waals surface area contributed by atoms with E-state index in [9.17, 15) is 0 Å². The third kappa shape index (κ3) is 3.39. The van der Waals surface area contributed by atoms with E-state index in [2.05, 4.69) is 20.3 Å². The van der Waals surface area contributed by atoms with Crippen LogP contribution in [0.1, 0.15) is 17.3 Å². The van der Waals surface area contributed by atoms with Gasteiger partial charge in [-0.3, -0.25) is 4.57 Å². The molecule has 7 heteroatoms. The zero-order valence-electron chi connectivity index (χ0n) is 14.5. The lowest BCUT2D eigenvalue weighted by atomic mass is 10.1. The van der Waals surface area contributed by atoms with E-state index >= 15 is 0 Å². The Morgan fingerprint density at radius 1 is 0.962 bits per heavy atom. The molecule has 0 N–H and O–H groups in total. The molecule has 0 radical (unpaired) electrons. The molecule has 0 amide bonds. The Morgan fingerprint density at radius 2 is 1.73 bits per heavy atom. The summed E-state index contributed by atoms with van der Waals surface area (Å²) in [6.45, 7) is 3.99. The molecule has 26 heavy (non-hydrogen) atoms. The summed E-state index contributed by atoms with van der Waals surface area (Å²) in [5, 5.41) is 13.3. The Balaban J connectivity index is 1.51. The van der Waals surface area contributed by atoms with Crippen molar-refractivity contribution in [2.24, 2.45) is 0 Å². The minimum atomic E-state index is 0.532. The Morgan fingerprint density at radius 3 is 2.50 bits per heavy atom. The van der Waals surface area contributed by atoms with Crippen LogP contribution in [0.5, 0.6) is 0 Å². The number of hydrogen-bond acceptors (Lipinski definition) is 6. The van der Waals surface area contributed by atoms with E-state index in [1.807, 2.05) is 73.0 Å². The average Bonchev–Trinajstić information content (AvgIpc) is 3.28. The van der Waals surface area contributed by atoms with E-state index in [1.54, 1.807) is 0 Å². The maximum absolute atomic E-state index is 5.38. The maximum Gasteiger partial charge on any atom is 0.237 e. The maximum atomic E-state index is 5.38. The standard InChI is InChI=1S/C19H17N5OS/c1-13-8-10-15(11-9-13)18-20-17(25-23-18)12-26-19-22-21-14(2)24(19)16-6-4-3-5-7-16/h3-11H,12H2,1-2H3. The number of thioether (sulfide) groups is 1. The van der Waals surface area contributed by atoms with Crippen molar-refractivity contribution in [3.8, 4) is 17.1 Å². The van der Waals surface area contributed by atoms with Crippen molar-refractivity contribution in [2.45, 2.75) is 24.8 Å².